The molecule has 1 heterocycles. The highest BCUT2D eigenvalue weighted by molar-refractivity contribution is 5.58. The van der Waals surface area contributed by atoms with Gasteiger partial charge in [-0.1, -0.05) is 6.07 Å². The fourth-order valence-electron chi connectivity index (χ4n) is 2.10. The number of hydrogen-bond donors (Lipinski definition) is 1. The van der Waals surface area contributed by atoms with Gasteiger partial charge in [0.25, 0.3) is 0 Å². The molecule has 0 aliphatic carbocycles. The van der Waals surface area contributed by atoms with E-state index in [0.29, 0.717) is 5.56 Å². The Bertz CT molecular complexity index is 417. The van der Waals surface area contributed by atoms with Gasteiger partial charge < -0.3 is 10.1 Å². The van der Waals surface area contributed by atoms with Crippen LogP contribution in [0.25, 0.3) is 0 Å². The van der Waals surface area contributed by atoms with Crippen LogP contribution in [0.2, 0.25) is 0 Å². The van der Waals surface area contributed by atoms with E-state index in [1.165, 1.54) is 12.8 Å². The SMILES string of the molecule is Cc1ccc(NCC2CCCCO2)c(C#N)c1. The first-order valence-corrected chi connectivity index (χ1v) is 6.16. The summed E-state index contributed by atoms with van der Waals surface area (Å²) in [5.74, 6) is 0. The second kappa shape index (κ2) is 5.70. The molecular formula is C14H18N2O. The molecule has 1 aromatic rings. The lowest BCUT2D eigenvalue weighted by molar-refractivity contribution is 0.0247. The van der Waals surface area contributed by atoms with E-state index in [1.54, 1.807) is 0 Å². The number of nitrogens with one attached hydrogen (secondary N) is 1. The third-order valence-corrected chi connectivity index (χ3v) is 3.09. The molecule has 0 bridgehead atoms. The quantitative estimate of drug-likeness (QED) is 0.868. The molecule has 1 atom stereocenters. The van der Waals surface area contributed by atoms with E-state index in [4.69, 9.17) is 10.00 Å². The van der Waals surface area contributed by atoms with E-state index < -0.39 is 0 Å². The van der Waals surface area contributed by atoms with Crippen LogP contribution in [-0.4, -0.2) is 19.3 Å². The molecule has 3 nitrogen and oxygen atoms in total. The van der Waals surface area contributed by atoms with Gasteiger partial charge in [-0.2, -0.15) is 5.26 Å². The first-order chi connectivity index (χ1) is 8.29. The van der Waals surface area contributed by atoms with Crippen LogP contribution in [0, 0.1) is 18.3 Å². The maximum atomic E-state index is 9.06. The minimum Gasteiger partial charge on any atom is -0.381 e. The molecule has 90 valence electrons. The van der Waals surface area contributed by atoms with Gasteiger partial charge in [0, 0.05) is 13.2 Å². The van der Waals surface area contributed by atoms with Gasteiger partial charge in [-0.15, -0.1) is 0 Å². The number of aryl methyl sites for hydroxylation is 1. The zero-order valence-corrected chi connectivity index (χ0v) is 10.2. The van der Waals surface area contributed by atoms with Crippen LogP contribution in [-0.2, 0) is 4.74 Å². The van der Waals surface area contributed by atoms with E-state index in [1.807, 2.05) is 25.1 Å². The largest absolute Gasteiger partial charge is 0.381 e. The number of ether oxygens (including phenoxy) is 1. The average molecular weight is 230 g/mol. The van der Waals surface area contributed by atoms with Gasteiger partial charge in [0.05, 0.1) is 17.4 Å². The van der Waals surface area contributed by atoms with Crippen molar-refractivity contribution in [2.24, 2.45) is 0 Å². The van der Waals surface area contributed by atoms with Crippen molar-refractivity contribution >= 4 is 5.69 Å². The van der Waals surface area contributed by atoms with Crippen LogP contribution in [0.1, 0.15) is 30.4 Å². The Balaban J connectivity index is 1.96. The highest BCUT2D eigenvalue weighted by atomic mass is 16.5. The highest BCUT2D eigenvalue weighted by Crippen LogP contribution is 2.18. The lowest BCUT2D eigenvalue weighted by atomic mass is 10.1. The van der Waals surface area contributed by atoms with Crippen molar-refractivity contribution in [3.8, 4) is 6.07 Å². The van der Waals surface area contributed by atoms with E-state index in [9.17, 15) is 0 Å². The van der Waals surface area contributed by atoms with Gasteiger partial charge >= 0.3 is 0 Å². The summed E-state index contributed by atoms with van der Waals surface area (Å²) >= 11 is 0. The average Bonchev–Trinajstić information content (AvgIpc) is 2.38. The molecule has 1 aliphatic heterocycles. The summed E-state index contributed by atoms with van der Waals surface area (Å²) in [6.07, 6.45) is 3.81. The Hall–Kier alpha value is -1.53. The second-order valence-electron chi connectivity index (χ2n) is 4.53. The number of hydrogen-bond acceptors (Lipinski definition) is 3. The van der Waals surface area contributed by atoms with Gasteiger partial charge in [-0.05, 0) is 43.9 Å². The van der Waals surface area contributed by atoms with Crippen molar-refractivity contribution in [1.29, 1.82) is 5.26 Å². The summed E-state index contributed by atoms with van der Waals surface area (Å²) in [6.45, 7) is 3.65. The first kappa shape index (κ1) is 11.9. The summed E-state index contributed by atoms with van der Waals surface area (Å²) in [5.41, 5.74) is 2.73. The number of nitrogens with zero attached hydrogens (tertiary/aromatic N) is 1. The van der Waals surface area contributed by atoms with Gasteiger partial charge in [-0.25, -0.2) is 0 Å². The number of rotatable bonds is 3. The molecule has 0 spiro atoms. The summed E-state index contributed by atoms with van der Waals surface area (Å²) in [4.78, 5) is 0. The Morgan fingerprint density at radius 1 is 1.47 bits per heavy atom. The summed E-state index contributed by atoms with van der Waals surface area (Å²) < 4.78 is 5.65. The minimum absolute atomic E-state index is 0.289. The van der Waals surface area contributed by atoms with Crippen LogP contribution in [0.5, 0.6) is 0 Å². The molecule has 1 N–H and O–H groups in total. The van der Waals surface area contributed by atoms with Crippen molar-refractivity contribution < 1.29 is 4.74 Å². The predicted octanol–water partition coefficient (Wildman–Crippen LogP) is 2.85. The molecule has 1 aliphatic rings. The fourth-order valence-corrected chi connectivity index (χ4v) is 2.10. The molecule has 1 fully saturated rings. The molecule has 17 heavy (non-hydrogen) atoms. The Kier molecular flexibility index (Phi) is 4.00. The summed E-state index contributed by atoms with van der Waals surface area (Å²) in [6, 6.07) is 8.12. The molecule has 0 radical (unpaired) electrons. The second-order valence-corrected chi connectivity index (χ2v) is 4.53. The van der Waals surface area contributed by atoms with Crippen LogP contribution in [0.4, 0.5) is 5.69 Å². The molecular weight excluding hydrogens is 212 g/mol. The maximum absolute atomic E-state index is 9.06. The van der Waals surface area contributed by atoms with Crippen LogP contribution in [0.15, 0.2) is 18.2 Å². The van der Waals surface area contributed by atoms with Crippen molar-refractivity contribution in [2.75, 3.05) is 18.5 Å². The lowest BCUT2D eigenvalue weighted by Crippen LogP contribution is -2.27. The van der Waals surface area contributed by atoms with Gasteiger partial charge in [0.15, 0.2) is 0 Å². The predicted molar refractivity (Wildman–Crippen MR) is 68.0 cm³/mol. The zero-order chi connectivity index (χ0) is 12.1. The van der Waals surface area contributed by atoms with Crippen LogP contribution in [0.3, 0.4) is 0 Å². The standard InChI is InChI=1S/C14H18N2O/c1-11-5-6-14(12(8-11)9-15)16-10-13-4-2-3-7-17-13/h5-6,8,13,16H,2-4,7,10H2,1H3. The van der Waals surface area contributed by atoms with E-state index in [2.05, 4.69) is 11.4 Å². The van der Waals surface area contributed by atoms with Crippen molar-refractivity contribution in [1.82, 2.24) is 0 Å². The lowest BCUT2D eigenvalue weighted by Gasteiger charge is -2.23. The van der Waals surface area contributed by atoms with E-state index in [-0.39, 0.29) is 6.10 Å². The number of nitriles is 1. The third-order valence-electron chi connectivity index (χ3n) is 3.09. The van der Waals surface area contributed by atoms with Crippen molar-refractivity contribution in [3.05, 3.63) is 29.3 Å². The molecule has 0 saturated carbocycles. The summed E-state index contributed by atoms with van der Waals surface area (Å²) in [7, 11) is 0. The van der Waals surface area contributed by atoms with E-state index in [0.717, 1.165) is 30.8 Å². The van der Waals surface area contributed by atoms with E-state index >= 15 is 0 Å². The van der Waals surface area contributed by atoms with Crippen LogP contribution >= 0.6 is 0 Å². The number of benzene rings is 1. The normalized spacial score (nSPS) is 19.6. The smallest absolute Gasteiger partial charge is 0.101 e. The first-order valence-electron chi connectivity index (χ1n) is 6.16. The minimum atomic E-state index is 0.289. The fraction of sp³-hybridized carbons (Fsp3) is 0.500. The molecule has 0 aromatic heterocycles. The summed E-state index contributed by atoms with van der Waals surface area (Å²) in [5, 5.41) is 12.4. The molecule has 1 unspecified atom stereocenters. The van der Waals surface area contributed by atoms with Gasteiger partial charge in [0.1, 0.15) is 6.07 Å². The van der Waals surface area contributed by atoms with Crippen molar-refractivity contribution in [2.45, 2.75) is 32.3 Å². The Morgan fingerprint density at radius 3 is 3.06 bits per heavy atom. The maximum Gasteiger partial charge on any atom is 0.101 e. The third kappa shape index (κ3) is 3.21. The Labute approximate surface area is 102 Å². The highest BCUT2D eigenvalue weighted by Gasteiger charge is 2.13. The van der Waals surface area contributed by atoms with Crippen molar-refractivity contribution in [3.63, 3.8) is 0 Å². The van der Waals surface area contributed by atoms with Crippen LogP contribution < -0.4 is 5.32 Å². The molecule has 0 amide bonds. The molecule has 3 heteroatoms. The topological polar surface area (TPSA) is 45.0 Å². The van der Waals surface area contributed by atoms with Gasteiger partial charge in [-0.3, -0.25) is 0 Å². The molecule has 1 aromatic carbocycles. The monoisotopic (exact) mass is 230 g/mol. The van der Waals surface area contributed by atoms with Gasteiger partial charge in [0.2, 0.25) is 0 Å². The Morgan fingerprint density at radius 2 is 2.35 bits per heavy atom. The zero-order valence-electron chi connectivity index (χ0n) is 10.2. The molecule has 1 saturated heterocycles. The number of anilines is 1. The molecule has 2 rings (SSSR count).